The number of Topliss-reactive ketones (excluding diaryl/α,β-unsaturated/α-hetero) is 1. The highest BCUT2D eigenvalue weighted by Crippen LogP contribution is 2.22. The molecular weight excluding hydrogens is 233 g/mol. The second-order valence-electron chi connectivity index (χ2n) is 4.61. The first-order valence-corrected chi connectivity index (χ1v) is 6.34. The molecule has 0 spiro atoms. The van der Waals surface area contributed by atoms with Gasteiger partial charge in [-0.25, -0.2) is 4.39 Å². The van der Waals surface area contributed by atoms with Crippen molar-refractivity contribution in [3.05, 3.63) is 29.6 Å². The largest absolute Gasteiger partial charge is 0.491 e. The Morgan fingerprint density at radius 2 is 2.28 bits per heavy atom. The number of carbonyl (C=O) groups excluding carboxylic acids is 1. The molecule has 2 rings (SSSR count). The maximum absolute atomic E-state index is 13.6. The van der Waals surface area contributed by atoms with Gasteiger partial charge in [-0.05, 0) is 44.9 Å². The Labute approximate surface area is 106 Å². The quantitative estimate of drug-likeness (QED) is 0.790. The Morgan fingerprint density at radius 3 is 2.83 bits per heavy atom. The molecule has 4 heteroatoms. The molecule has 1 aliphatic rings. The molecule has 0 radical (unpaired) electrons. The molecule has 98 valence electrons. The fourth-order valence-electron chi connectivity index (χ4n) is 1.86. The lowest BCUT2D eigenvalue weighted by Gasteiger charge is -2.12. The van der Waals surface area contributed by atoms with Crippen LogP contribution in [0.1, 0.15) is 37.0 Å². The van der Waals surface area contributed by atoms with Crippen LogP contribution in [0.3, 0.4) is 0 Å². The van der Waals surface area contributed by atoms with E-state index in [2.05, 4.69) is 5.32 Å². The van der Waals surface area contributed by atoms with Crippen molar-refractivity contribution < 1.29 is 13.9 Å². The molecule has 18 heavy (non-hydrogen) atoms. The summed E-state index contributed by atoms with van der Waals surface area (Å²) in [7, 11) is 0. The van der Waals surface area contributed by atoms with Crippen molar-refractivity contribution >= 4 is 5.78 Å². The molecule has 0 bridgehead atoms. The summed E-state index contributed by atoms with van der Waals surface area (Å²) in [6.45, 7) is 4.01. The molecule has 1 saturated carbocycles. The van der Waals surface area contributed by atoms with Crippen LogP contribution in [0.5, 0.6) is 5.75 Å². The molecular formula is C14H18FNO2. The van der Waals surface area contributed by atoms with Crippen molar-refractivity contribution in [1.82, 2.24) is 5.32 Å². The van der Waals surface area contributed by atoms with Gasteiger partial charge in [0.05, 0.1) is 12.6 Å². The molecule has 0 saturated heterocycles. The zero-order valence-electron chi connectivity index (χ0n) is 10.7. The van der Waals surface area contributed by atoms with Gasteiger partial charge in [0, 0.05) is 11.6 Å². The van der Waals surface area contributed by atoms with Crippen molar-refractivity contribution in [2.45, 2.75) is 38.8 Å². The number of hydrogen-bond donors (Lipinski definition) is 1. The highest BCUT2D eigenvalue weighted by molar-refractivity contribution is 6.00. The number of ether oxygens (including phenoxy) is 1. The van der Waals surface area contributed by atoms with Crippen molar-refractivity contribution in [2.75, 3.05) is 6.61 Å². The molecule has 1 aliphatic carbocycles. The lowest BCUT2D eigenvalue weighted by Crippen LogP contribution is -2.35. The number of halogens is 1. The van der Waals surface area contributed by atoms with Crippen molar-refractivity contribution in [3.8, 4) is 5.75 Å². The van der Waals surface area contributed by atoms with E-state index in [0.717, 1.165) is 12.8 Å². The fourth-order valence-corrected chi connectivity index (χ4v) is 1.86. The summed E-state index contributed by atoms with van der Waals surface area (Å²) in [6, 6.07) is 4.56. The smallest absolute Gasteiger partial charge is 0.179 e. The van der Waals surface area contributed by atoms with E-state index >= 15 is 0 Å². The third kappa shape index (κ3) is 3.07. The maximum Gasteiger partial charge on any atom is 0.179 e. The second kappa shape index (κ2) is 5.48. The summed E-state index contributed by atoms with van der Waals surface area (Å²) >= 11 is 0. The molecule has 3 nitrogen and oxygen atoms in total. The molecule has 0 amide bonds. The molecule has 1 fully saturated rings. The summed E-state index contributed by atoms with van der Waals surface area (Å²) in [5.74, 6) is -0.373. The minimum absolute atomic E-state index is 0.0798. The van der Waals surface area contributed by atoms with Crippen molar-refractivity contribution in [2.24, 2.45) is 0 Å². The summed E-state index contributed by atoms with van der Waals surface area (Å²) in [6.07, 6.45) is 2.24. The summed E-state index contributed by atoms with van der Waals surface area (Å²) in [5.41, 5.74) is 0.386. The van der Waals surface area contributed by atoms with Crippen molar-refractivity contribution in [3.63, 3.8) is 0 Å². The van der Waals surface area contributed by atoms with Gasteiger partial charge >= 0.3 is 0 Å². The number of benzene rings is 1. The summed E-state index contributed by atoms with van der Waals surface area (Å²) in [4.78, 5) is 12.1. The highest BCUT2D eigenvalue weighted by Gasteiger charge is 2.26. The minimum atomic E-state index is -0.485. The van der Waals surface area contributed by atoms with Crippen LogP contribution in [0.2, 0.25) is 0 Å². The van der Waals surface area contributed by atoms with E-state index in [1.54, 1.807) is 13.0 Å². The lowest BCUT2D eigenvalue weighted by molar-refractivity contribution is 0.0949. The van der Waals surface area contributed by atoms with E-state index in [4.69, 9.17) is 4.74 Å². The molecule has 1 unspecified atom stereocenters. The van der Waals surface area contributed by atoms with Gasteiger partial charge in [-0.1, -0.05) is 0 Å². The Morgan fingerprint density at radius 1 is 1.56 bits per heavy atom. The zero-order valence-corrected chi connectivity index (χ0v) is 10.7. The molecule has 1 atom stereocenters. The number of nitrogens with one attached hydrogen (secondary N) is 1. The Balaban J connectivity index is 2.07. The van der Waals surface area contributed by atoms with Crippen LogP contribution in [0, 0.1) is 5.82 Å². The van der Waals surface area contributed by atoms with E-state index in [1.807, 2.05) is 6.92 Å². The van der Waals surface area contributed by atoms with E-state index in [1.165, 1.54) is 12.1 Å². The van der Waals surface area contributed by atoms with E-state index in [0.29, 0.717) is 18.2 Å². The summed E-state index contributed by atoms with van der Waals surface area (Å²) < 4.78 is 18.7. The van der Waals surface area contributed by atoms with Crippen molar-refractivity contribution in [1.29, 1.82) is 0 Å². The van der Waals surface area contributed by atoms with Gasteiger partial charge in [0.25, 0.3) is 0 Å². The summed E-state index contributed by atoms with van der Waals surface area (Å²) in [5, 5.41) is 3.21. The lowest BCUT2D eigenvalue weighted by atomic mass is 10.0. The first kappa shape index (κ1) is 13.0. The topological polar surface area (TPSA) is 38.3 Å². The SMILES string of the molecule is CCOc1ccc(C(=O)C(C)NC2CC2)cc1F. The molecule has 1 aromatic carbocycles. The van der Waals surface area contributed by atoms with E-state index < -0.39 is 5.82 Å². The van der Waals surface area contributed by atoms with Crippen LogP contribution in [0.25, 0.3) is 0 Å². The number of rotatable bonds is 6. The first-order chi connectivity index (χ1) is 8.61. The van der Waals surface area contributed by atoms with Gasteiger partial charge in [-0.15, -0.1) is 0 Å². The Kier molecular flexibility index (Phi) is 3.97. The van der Waals surface area contributed by atoms with Gasteiger partial charge in [0.2, 0.25) is 0 Å². The standard InChI is InChI=1S/C14H18FNO2/c1-3-18-13-7-4-10(8-12(13)15)14(17)9(2)16-11-5-6-11/h4,7-9,11,16H,3,5-6H2,1-2H3. The maximum atomic E-state index is 13.6. The average Bonchev–Trinajstić information content (AvgIpc) is 3.15. The predicted octanol–water partition coefficient (Wildman–Crippen LogP) is 2.55. The number of ketones is 1. The van der Waals surface area contributed by atoms with E-state index in [-0.39, 0.29) is 17.6 Å². The zero-order chi connectivity index (χ0) is 13.1. The molecule has 0 heterocycles. The number of carbonyl (C=O) groups is 1. The van der Waals surface area contributed by atoms with Crippen LogP contribution in [-0.4, -0.2) is 24.5 Å². The van der Waals surface area contributed by atoms with Crippen LogP contribution in [0.4, 0.5) is 4.39 Å². The average molecular weight is 251 g/mol. The monoisotopic (exact) mass is 251 g/mol. The minimum Gasteiger partial charge on any atom is -0.491 e. The normalized spacial score (nSPS) is 16.4. The third-order valence-corrected chi connectivity index (χ3v) is 2.97. The Bertz CT molecular complexity index is 443. The van der Waals surface area contributed by atoms with Crippen LogP contribution < -0.4 is 10.1 Å². The van der Waals surface area contributed by atoms with E-state index in [9.17, 15) is 9.18 Å². The van der Waals surface area contributed by atoms with Gasteiger partial charge in [0.15, 0.2) is 17.3 Å². The molecule has 0 aliphatic heterocycles. The van der Waals surface area contributed by atoms with Gasteiger partial charge < -0.3 is 10.1 Å². The predicted molar refractivity (Wildman–Crippen MR) is 67.5 cm³/mol. The highest BCUT2D eigenvalue weighted by atomic mass is 19.1. The van der Waals surface area contributed by atoms with Gasteiger partial charge in [-0.3, -0.25) is 4.79 Å². The van der Waals surface area contributed by atoms with Crippen LogP contribution in [-0.2, 0) is 0 Å². The Hall–Kier alpha value is -1.42. The van der Waals surface area contributed by atoms with Gasteiger partial charge in [0.1, 0.15) is 0 Å². The third-order valence-electron chi connectivity index (χ3n) is 2.97. The first-order valence-electron chi connectivity index (χ1n) is 6.34. The van der Waals surface area contributed by atoms with Crippen LogP contribution in [0.15, 0.2) is 18.2 Å². The van der Waals surface area contributed by atoms with Gasteiger partial charge in [-0.2, -0.15) is 0 Å². The second-order valence-corrected chi connectivity index (χ2v) is 4.61. The molecule has 1 N–H and O–H groups in total. The van der Waals surface area contributed by atoms with Crippen LogP contribution >= 0.6 is 0 Å². The number of hydrogen-bond acceptors (Lipinski definition) is 3. The molecule has 0 aromatic heterocycles. The fraction of sp³-hybridized carbons (Fsp3) is 0.500. The molecule has 1 aromatic rings.